The maximum Gasteiger partial charge on any atom is 0.130 e. The van der Waals surface area contributed by atoms with Crippen LogP contribution >= 0.6 is 45.8 Å². The Kier molecular flexibility index (Phi) is 2.77. The number of halogens is 3. The van der Waals surface area contributed by atoms with Crippen molar-refractivity contribution in [1.29, 1.82) is 0 Å². The second kappa shape index (κ2) is 3.24. The average Bonchev–Trinajstić information content (AvgIpc) is 1.82. The summed E-state index contributed by atoms with van der Waals surface area (Å²) in [4.78, 5) is 4.01. The fourth-order valence-electron chi connectivity index (χ4n) is 0.582. The first-order chi connectivity index (χ1) is 4.61. The molecular weight excluding hydrogens is 284 g/mol. The molecule has 1 heterocycles. The molecule has 0 aliphatic heterocycles. The molecule has 1 aromatic rings. The highest BCUT2D eigenvalue weighted by Crippen LogP contribution is 2.23. The van der Waals surface area contributed by atoms with E-state index < -0.39 is 0 Å². The first-order valence-corrected chi connectivity index (χ1v) is 4.43. The number of hydrogen-bond acceptors (Lipinski definition) is 1. The molecule has 0 saturated carbocycles. The van der Waals surface area contributed by atoms with Crippen LogP contribution in [0.2, 0.25) is 10.2 Å². The molecular formula is C6H4Cl2IN. The first-order valence-electron chi connectivity index (χ1n) is 2.59. The average molecular weight is 288 g/mol. The van der Waals surface area contributed by atoms with E-state index in [4.69, 9.17) is 23.2 Å². The van der Waals surface area contributed by atoms with Crippen LogP contribution in [0.5, 0.6) is 0 Å². The molecule has 1 nitrogen and oxygen atoms in total. The molecule has 0 fully saturated rings. The number of pyridine rings is 1. The minimum Gasteiger partial charge on any atom is -0.240 e. The third-order valence-electron chi connectivity index (χ3n) is 1.05. The third kappa shape index (κ3) is 1.74. The van der Waals surface area contributed by atoms with E-state index in [0.717, 1.165) is 9.26 Å². The maximum absolute atomic E-state index is 5.79. The number of aryl methyl sites for hydroxylation is 1. The summed E-state index contributed by atoms with van der Waals surface area (Å²) in [5.74, 6) is 0. The molecule has 0 atom stereocenters. The van der Waals surface area contributed by atoms with Crippen molar-refractivity contribution in [3.8, 4) is 0 Å². The van der Waals surface area contributed by atoms with Gasteiger partial charge in [-0.3, -0.25) is 0 Å². The molecule has 1 rings (SSSR count). The molecule has 0 saturated heterocycles. The summed E-state index contributed by atoms with van der Waals surface area (Å²) in [5, 5.41) is 1.11. The highest BCUT2D eigenvalue weighted by molar-refractivity contribution is 14.1. The van der Waals surface area contributed by atoms with Gasteiger partial charge in [0.15, 0.2) is 0 Å². The van der Waals surface area contributed by atoms with Crippen LogP contribution in [-0.4, -0.2) is 4.98 Å². The van der Waals surface area contributed by atoms with Crippen LogP contribution in [0.1, 0.15) is 5.69 Å². The fraction of sp³-hybridized carbons (Fsp3) is 0.167. The second-order valence-corrected chi connectivity index (χ2v) is 3.70. The summed E-state index contributed by atoms with van der Waals surface area (Å²) in [5.41, 5.74) is 0.873. The Morgan fingerprint density at radius 1 is 1.50 bits per heavy atom. The van der Waals surface area contributed by atoms with Gasteiger partial charge in [-0.05, 0) is 35.6 Å². The van der Waals surface area contributed by atoms with E-state index in [9.17, 15) is 0 Å². The zero-order chi connectivity index (χ0) is 7.72. The van der Waals surface area contributed by atoms with Crippen molar-refractivity contribution in [1.82, 2.24) is 4.98 Å². The fourth-order valence-corrected chi connectivity index (χ4v) is 1.39. The standard InChI is InChI=1S/C6H4Cl2IN/c1-3-6(9)4(7)2-5(8)10-3/h2H,1H3. The molecule has 0 aliphatic carbocycles. The Morgan fingerprint density at radius 3 is 2.60 bits per heavy atom. The predicted molar refractivity (Wildman–Crippen MR) is 51.7 cm³/mol. The van der Waals surface area contributed by atoms with Crippen molar-refractivity contribution in [2.24, 2.45) is 0 Å². The van der Waals surface area contributed by atoms with Crippen molar-refractivity contribution in [2.75, 3.05) is 0 Å². The van der Waals surface area contributed by atoms with E-state index in [0.29, 0.717) is 10.2 Å². The Bertz CT molecular complexity index is 239. The smallest absolute Gasteiger partial charge is 0.130 e. The molecule has 0 unspecified atom stereocenters. The highest BCUT2D eigenvalue weighted by Gasteiger charge is 2.02. The van der Waals surface area contributed by atoms with Gasteiger partial charge >= 0.3 is 0 Å². The van der Waals surface area contributed by atoms with Gasteiger partial charge in [0.1, 0.15) is 5.15 Å². The van der Waals surface area contributed by atoms with Crippen molar-refractivity contribution in [2.45, 2.75) is 6.92 Å². The van der Waals surface area contributed by atoms with Crippen molar-refractivity contribution in [3.05, 3.63) is 25.5 Å². The molecule has 4 heteroatoms. The van der Waals surface area contributed by atoms with Gasteiger partial charge in [-0.2, -0.15) is 0 Å². The largest absolute Gasteiger partial charge is 0.240 e. The van der Waals surface area contributed by atoms with Gasteiger partial charge in [0.25, 0.3) is 0 Å². The van der Waals surface area contributed by atoms with E-state index in [1.165, 1.54) is 0 Å². The Morgan fingerprint density at radius 2 is 2.10 bits per heavy atom. The van der Waals surface area contributed by atoms with Gasteiger partial charge in [-0.1, -0.05) is 23.2 Å². The van der Waals surface area contributed by atoms with Crippen molar-refractivity contribution in [3.63, 3.8) is 0 Å². The Labute approximate surface area is 82.9 Å². The van der Waals surface area contributed by atoms with Crippen molar-refractivity contribution < 1.29 is 0 Å². The summed E-state index contributed by atoms with van der Waals surface area (Å²) in [7, 11) is 0. The predicted octanol–water partition coefficient (Wildman–Crippen LogP) is 3.30. The van der Waals surface area contributed by atoms with E-state index in [2.05, 4.69) is 27.6 Å². The summed E-state index contributed by atoms with van der Waals surface area (Å²) in [6, 6.07) is 1.64. The quantitative estimate of drug-likeness (QED) is 0.527. The molecule has 0 radical (unpaired) electrons. The molecule has 0 aliphatic rings. The van der Waals surface area contributed by atoms with Gasteiger partial charge in [0, 0.05) is 0 Å². The van der Waals surface area contributed by atoms with E-state index in [1.807, 2.05) is 6.92 Å². The Balaban J connectivity index is 3.31. The molecule has 0 spiro atoms. The van der Waals surface area contributed by atoms with Crippen LogP contribution < -0.4 is 0 Å². The molecule has 1 aromatic heterocycles. The lowest BCUT2D eigenvalue weighted by Crippen LogP contribution is -1.87. The van der Waals surface area contributed by atoms with Crippen LogP contribution in [0.15, 0.2) is 6.07 Å². The molecule has 54 valence electrons. The van der Waals surface area contributed by atoms with Gasteiger partial charge in [0.05, 0.1) is 14.3 Å². The first kappa shape index (κ1) is 8.56. The van der Waals surface area contributed by atoms with Crippen LogP contribution in [0, 0.1) is 10.5 Å². The lowest BCUT2D eigenvalue weighted by molar-refractivity contribution is 1.18. The monoisotopic (exact) mass is 287 g/mol. The topological polar surface area (TPSA) is 12.9 Å². The summed E-state index contributed by atoms with van der Waals surface area (Å²) < 4.78 is 0.962. The minimum absolute atomic E-state index is 0.447. The molecule has 0 amide bonds. The van der Waals surface area contributed by atoms with E-state index in [-0.39, 0.29) is 0 Å². The van der Waals surface area contributed by atoms with Gasteiger partial charge in [0.2, 0.25) is 0 Å². The zero-order valence-electron chi connectivity index (χ0n) is 5.16. The molecule has 0 N–H and O–H groups in total. The SMILES string of the molecule is Cc1nc(Cl)cc(Cl)c1I. The van der Waals surface area contributed by atoms with Crippen molar-refractivity contribution >= 4 is 45.8 Å². The summed E-state index contributed by atoms with van der Waals surface area (Å²) >= 11 is 13.5. The normalized spacial score (nSPS) is 10.0. The lowest BCUT2D eigenvalue weighted by Gasteiger charge is -1.99. The van der Waals surface area contributed by atoms with Crippen LogP contribution in [0.25, 0.3) is 0 Å². The van der Waals surface area contributed by atoms with Gasteiger partial charge in [-0.15, -0.1) is 0 Å². The van der Waals surface area contributed by atoms with Crippen LogP contribution in [-0.2, 0) is 0 Å². The molecule has 0 bridgehead atoms. The highest BCUT2D eigenvalue weighted by atomic mass is 127. The third-order valence-corrected chi connectivity index (χ3v) is 3.22. The van der Waals surface area contributed by atoms with Gasteiger partial charge in [-0.25, -0.2) is 4.98 Å². The zero-order valence-corrected chi connectivity index (χ0v) is 8.83. The second-order valence-electron chi connectivity index (χ2n) is 1.83. The van der Waals surface area contributed by atoms with Crippen LogP contribution in [0.3, 0.4) is 0 Å². The minimum atomic E-state index is 0.447. The van der Waals surface area contributed by atoms with E-state index >= 15 is 0 Å². The Hall–Kier alpha value is 0.460. The number of nitrogens with zero attached hydrogens (tertiary/aromatic N) is 1. The number of aromatic nitrogens is 1. The number of rotatable bonds is 0. The maximum atomic E-state index is 5.79. The lowest BCUT2D eigenvalue weighted by atomic mass is 10.4. The molecule has 0 aromatic carbocycles. The van der Waals surface area contributed by atoms with Gasteiger partial charge < -0.3 is 0 Å². The van der Waals surface area contributed by atoms with E-state index in [1.54, 1.807) is 6.07 Å². The molecule has 10 heavy (non-hydrogen) atoms. The number of hydrogen-bond donors (Lipinski definition) is 0. The summed E-state index contributed by atoms with van der Waals surface area (Å²) in [6.45, 7) is 1.87. The summed E-state index contributed by atoms with van der Waals surface area (Å²) in [6.07, 6.45) is 0. The van der Waals surface area contributed by atoms with Crippen LogP contribution in [0.4, 0.5) is 0 Å².